The topological polar surface area (TPSA) is 80.1 Å². The van der Waals surface area contributed by atoms with E-state index in [1.807, 2.05) is 27.9 Å². The van der Waals surface area contributed by atoms with Crippen LogP contribution in [0.4, 0.5) is 10.5 Å². The summed E-state index contributed by atoms with van der Waals surface area (Å²) < 4.78 is 13.2. The second-order valence-electron chi connectivity index (χ2n) is 7.56. The maximum absolute atomic E-state index is 13.1. The van der Waals surface area contributed by atoms with Crippen LogP contribution in [0, 0.1) is 0 Å². The molecule has 2 saturated heterocycles. The van der Waals surface area contributed by atoms with Crippen molar-refractivity contribution in [2.75, 3.05) is 51.3 Å². The van der Waals surface area contributed by atoms with E-state index in [4.69, 9.17) is 9.47 Å². The van der Waals surface area contributed by atoms with E-state index >= 15 is 0 Å². The molecule has 1 unspecified atom stereocenters. The highest BCUT2D eigenvalue weighted by atomic mass is 16.6. The van der Waals surface area contributed by atoms with E-state index in [2.05, 4.69) is 5.10 Å². The number of carbonyl (C=O) groups is 2. The highest BCUT2D eigenvalue weighted by molar-refractivity contribution is 5.98. The van der Waals surface area contributed by atoms with Crippen LogP contribution >= 0.6 is 0 Å². The van der Waals surface area contributed by atoms with Crippen molar-refractivity contribution in [3.8, 4) is 11.5 Å². The van der Waals surface area contributed by atoms with Crippen molar-refractivity contribution in [1.29, 1.82) is 0 Å². The second kappa shape index (κ2) is 6.98. The number of carbonyl (C=O) groups excluding carboxylic acids is 2. The first-order valence-corrected chi connectivity index (χ1v) is 9.86. The Balaban J connectivity index is 1.30. The molecule has 29 heavy (non-hydrogen) atoms. The molecule has 9 heteroatoms. The summed E-state index contributed by atoms with van der Waals surface area (Å²) in [5.74, 6) is 1.10. The molecule has 3 amide bonds. The Morgan fingerprint density at radius 1 is 1.17 bits per heavy atom. The first kappa shape index (κ1) is 17.8. The van der Waals surface area contributed by atoms with Gasteiger partial charge in [-0.25, -0.2) is 4.79 Å². The molecule has 2 fully saturated rings. The van der Waals surface area contributed by atoms with Gasteiger partial charge in [0.2, 0.25) is 0 Å². The van der Waals surface area contributed by atoms with Crippen LogP contribution in [0.25, 0.3) is 0 Å². The lowest BCUT2D eigenvalue weighted by atomic mass is 10.1. The van der Waals surface area contributed by atoms with Gasteiger partial charge >= 0.3 is 6.03 Å². The predicted molar refractivity (Wildman–Crippen MR) is 105 cm³/mol. The SMILES string of the molecule is CN1CCN(c2cnn(C3CCN(C(=O)c4cccc5c4OCCO5)C3)c2)C1=O. The maximum Gasteiger partial charge on any atom is 0.324 e. The lowest BCUT2D eigenvalue weighted by Gasteiger charge is -2.23. The average Bonchev–Trinajstić information content (AvgIpc) is 3.48. The average molecular weight is 397 g/mol. The summed E-state index contributed by atoms with van der Waals surface area (Å²) in [4.78, 5) is 30.5. The summed E-state index contributed by atoms with van der Waals surface area (Å²) in [5, 5.41) is 4.46. The fraction of sp³-hybridized carbons (Fsp3) is 0.450. The minimum atomic E-state index is -0.0569. The van der Waals surface area contributed by atoms with Crippen LogP contribution in [0.15, 0.2) is 30.6 Å². The minimum Gasteiger partial charge on any atom is -0.486 e. The van der Waals surface area contributed by atoms with Crippen LogP contribution < -0.4 is 14.4 Å². The standard InChI is InChI=1S/C20H23N5O4/c1-22-7-8-24(20(22)27)15-11-21-25(13-15)14-5-6-23(12-14)19(26)16-3-2-4-17-18(16)29-10-9-28-17/h2-4,11,13-14H,5-10,12H2,1H3. The maximum atomic E-state index is 13.1. The van der Waals surface area contributed by atoms with E-state index in [9.17, 15) is 9.59 Å². The summed E-state index contributed by atoms with van der Waals surface area (Å²) in [6, 6.07) is 5.49. The highest BCUT2D eigenvalue weighted by Gasteiger charge is 2.33. The second-order valence-corrected chi connectivity index (χ2v) is 7.56. The zero-order chi connectivity index (χ0) is 20.0. The van der Waals surface area contributed by atoms with E-state index in [1.165, 1.54) is 0 Å². The van der Waals surface area contributed by atoms with Crippen molar-refractivity contribution in [2.24, 2.45) is 0 Å². The number of hydrogen-bond acceptors (Lipinski definition) is 5. The van der Waals surface area contributed by atoms with E-state index in [0.717, 1.165) is 12.1 Å². The summed E-state index contributed by atoms with van der Waals surface area (Å²) in [6.07, 6.45) is 4.43. The Labute approximate surface area is 168 Å². The fourth-order valence-corrected chi connectivity index (χ4v) is 4.11. The first-order chi connectivity index (χ1) is 14.1. The van der Waals surface area contributed by atoms with Crippen LogP contribution in [0.2, 0.25) is 0 Å². The number of rotatable bonds is 3. The van der Waals surface area contributed by atoms with Gasteiger partial charge in [0.05, 0.1) is 23.5 Å². The number of amides is 3. The van der Waals surface area contributed by atoms with Gasteiger partial charge in [0.25, 0.3) is 5.91 Å². The molecule has 9 nitrogen and oxygen atoms in total. The summed E-state index contributed by atoms with van der Waals surface area (Å²) >= 11 is 0. The number of ether oxygens (including phenoxy) is 2. The lowest BCUT2D eigenvalue weighted by Crippen LogP contribution is -2.30. The third-order valence-corrected chi connectivity index (χ3v) is 5.74. The third-order valence-electron chi connectivity index (χ3n) is 5.74. The number of urea groups is 1. The van der Waals surface area contributed by atoms with Crippen molar-refractivity contribution in [2.45, 2.75) is 12.5 Å². The lowest BCUT2D eigenvalue weighted by molar-refractivity contribution is 0.0776. The quantitative estimate of drug-likeness (QED) is 0.786. The van der Waals surface area contributed by atoms with Crippen molar-refractivity contribution >= 4 is 17.6 Å². The summed E-state index contributed by atoms with van der Waals surface area (Å²) in [6.45, 7) is 3.53. The van der Waals surface area contributed by atoms with Gasteiger partial charge in [-0.2, -0.15) is 5.10 Å². The van der Waals surface area contributed by atoms with Gasteiger partial charge in [-0.05, 0) is 18.6 Å². The number of aromatic nitrogens is 2. The number of para-hydroxylation sites is 1. The number of benzene rings is 1. The molecule has 152 valence electrons. The van der Waals surface area contributed by atoms with Crippen molar-refractivity contribution in [3.05, 3.63) is 36.2 Å². The molecule has 3 aliphatic heterocycles. The van der Waals surface area contributed by atoms with Gasteiger partial charge in [-0.15, -0.1) is 0 Å². The van der Waals surface area contributed by atoms with Crippen LogP contribution in [0.5, 0.6) is 11.5 Å². The number of hydrogen-bond donors (Lipinski definition) is 0. The Morgan fingerprint density at radius 3 is 2.86 bits per heavy atom. The predicted octanol–water partition coefficient (Wildman–Crippen LogP) is 1.61. The third kappa shape index (κ3) is 3.06. The van der Waals surface area contributed by atoms with Crippen LogP contribution in [-0.2, 0) is 0 Å². The molecule has 3 aliphatic rings. The van der Waals surface area contributed by atoms with E-state index < -0.39 is 0 Å². The van der Waals surface area contributed by atoms with Crippen LogP contribution in [-0.4, -0.2) is 78.0 Å². The Morgan fingerprint density at radius 2 is 2.03 bits per heavy atom. The van der Waals surface area contributed by atoms with Gasteiger partial charge in [0, 0.05) is 39.4 Å². The molecule has 0 aliphatic carbocycles. The number of nitrogens with zero attached hydrogens (tertiary/aromatic N) is 5. The molecule has 0 radical (unpaired) electrons. The summed E-state index contributed by atoms with van der Waals surface area (Å²) in [5.41, 5.74) is 1.33. The molecule has 0 saturated carbocycles. The smallest absolute Gasteiger partial charge is 0.324 e. The summed E-state index contributed by atoms with van der Waals surface area (Å²) in [7, 11) is 1.80. The van der Waals surface area contributed by atoms with E-state index in [-0.39, 0.29) is 18.0 Å². The molecular weight excluding hydrogens is 374 g/mol. The number of likely N-dealkylation sites (N-methyl/N-ethyl adjacent to an activating group) is 1. The van der Waals surface area contributed by atoms with Crippen molar-refractivity contribution in [1.82, 2.24) is 19.6 Å². The molecule has 1 aromatic heterocycles. The molecule has 0 N–H and O–H groups in total. The minimum absolute atomic E-state index is 0.0103. The van der Waals surface area contributed by atoms with Gasteiger partial charge in [0.15, 0.2) is 11.5 Å². The Hall–Kier alpha value is -3.23. The highest BCUT2D eigenvalue weighted by Crippen LogP contribution is 2.35. The van der Waals surface area contributed by atoms with E-state index in [1.54, 1.807) is 29.1 Å². The normalized spacial score (nSPS) is 21.2. The van der Waals surface area contributed by atoms with Gasteiger partial charge in [-0.3, -0.25) is 14.4 Å². The molecule has 1 atom stereocenters. The molecule has 0 bridgehead atoms. The molecule has 1 aromatic carbocycles. The Kier molecular flexibility index (Phi) is 4.30. The fourth-order valence-electron chi connectivity index (χ4n) is 4.11. The monoisotopic (exact) mass is 397 g/mol. The largest absolute Gasteiger partial charge is 0.486 e. The van der Waals surface area contributed by atoms with Crippen LogP contribution in [0.3, 0.4) is 0 Å². The number of likely N-dealkylation sites (tertiary alicyclic amines) is 1. The number of fused-ring (bicyclic) bond motifs is 1. The molecule has 5 rings (SSSR count). The van der Waals surface area contributed by atoms with E-state index in [0.29, 0.717) is 56.5 Å². The zero-order valence-corrected chi connectivity index (χ0v) is 16.3. The van der Waals surface area contributed by atoms with Crippen molar-refractivity contribution < 1.29 is 19.1 Å². The first-order valence-electron chi connectivity index (χ1n) is 9.86. The molecule has 0 spiro atoms. The molecule has 4 heterocycles. The molecule has 2 aromatic rings. The van der Waals surface area contributed by atoms with Gasteiger partial charge in [0.1, 0.15) is 13.2 Å². The molecular formula is C20H23N5O4. The van der Waals surface area contributed by atoms with Crippen molar-refractivity contribution in [3.63, 3.8) is 0 Å². The Bertz CT molecular complexity index is 958. The van der Waals surface area contributed by atoms with Crippen LogP contribution in [0.1, 0.15) is 22.8 Å². The number of anilines is 1. The van der Waals surface area contributed by atoms with Gasteiger partial charge < -0.3 is 19.3 Å². The zero-order valence-electron chi connectivity index (χ0n) is 16.3. The van der Waals surface area contributed by atoms with Gasteiger partial charge in [-0.1, -0.05) is 6.07 Å².